The van der Waals surface area contributed by atoms with Crippen molar-refractivity contribution < 1.29 is 14.4 Å². The fraction of sp³-hybridized carbons (Fsp3) is 0.562. The van der Waals surface area contributed by atoms with E-state index in [0.29, 0.717) is 63.9 Å². The third-order valence-electron chi connectivity index (χ3n) is 4.67. The Bertz CT molecular complexity index is 634. The largest absolute Gasteiger partial charge is 0.352 e. The van der Waals surface area contributed by atoms with Crippen LogP contribution >= 0.6 is 0 Å². The molecule has 2 saturated heterocycles. The number of rotatable bonds is 3. The van der Waals surface area contributed by atoms with Gasteiger partial charge in [-0.25, -0.2) is 0 Å². The van der Waals surface area contributed by atoms with Gasteiger partial charge in [0.2, 0.25) is 12.3 Å². The Balaban J connectivity index is 1.58. The van der Waals surface area contributed by atoms with Crippen LogP contribution in [0.5, 0.6) is 0 Å². The Hall–Kier alpha value is -2.71. The molecule has 2 aliphatic rings. The van der Waals surface area contributed by atoms with Crippen LogP contribution in [0.25, 0.3) is 0 Å². The topological polar surface area (TPSA) is 90.0 Å². The molecule has 1 aromatic heterocycles. The van der Waals surface area contributed by atoms with Crippen molar-refractivity contribution in [3.05, 3.63) is 17.8 Å². The van der Waals surface area contributed by atoms with Crippen molar-refractivity contribution in [2.45, 2.75) is 6.92 Å². The molecule has 0 radical (unpaired) electrons. The SMILES string of the molecule is CC(=O)N1CCN(C(=O)c2ccc(N3CCN(C=O)CC3)nn2)CC1. The van der Waals surface area contributed by atoms with Gasteiger partial charge < -0.3 is 19.6 Å². The number of amides is 3. The van der Waals surface area contributed by atoms with Gasteiger partial charge in [0.05, 0.1) is 0 Å². The van der Waals surface area contributed by atoms with E-state index in [2.05, 4.69) is 10.2 Å². The van der Waals surface area contributed by atoms with Crippen LogP contribution in [0.1, 0.15) is 17.4 Å². The minimum absolute atomic E-state index is 0.0333. The molecule has 9 heteroatoms. The van der Waals surface area contributed by atoms with Crippen LogP contribution < -0.4 is 4.90 Å². The first-order valence-corrected chi connectivity index (χ1v) is 8.41. The van der Waals surface area contributed by atoms with E-state index in [-0.39, 0.29) is 11.8 Å². The summed E-state index contributed by atoms with van der Waals surface area (Å²) in [5, 5.41) is 8.25. The summed E-state index contributed by atoms with van der Waals surface area (Å²) in [7, 11) is 0. The van der Waals surface area contributed by atoms with E-state index in [0.717, 1.165) is 6.41 Å². The maximum absolute atomic E-state index is 12.5. The Morgan fingerprint density at radius 3 is 2.08 bits per heavy atom. The average molecular weight is 346 g/mol. The maximum Gasteiger partial charge on any atom is 0.274 e. The predicted molar refractivity (Wildman–Crippen MR) is 90.0 cm³/mol. The summed E-state index contributed by atoms with van der Waals surface area (Å²) in [5.74, 6) is 0.586. The zero-order chi connectivity index (χ0) is 17.8. The van der Waals surface area contributed by atoms with Crippen molar-refractivity contribution in [2.75, 3.05) is 57.3 Å². The fourth-order valence-corrected chi connectivity index (χ4v) is 3.05. The van der Waals surface area contributed by atoms with Gasteiger partial charge in [-0.1, -0.05) is 0 Å². The summed E-state index contributed by atoms with van der Waals surface area (Å²) in [5.41, 5.74) is 0.312. The Morgan fingerprint density at radius 2 is 1.56 bits per heavy atom. The Kier molecular flexibility index (Phi) is 5.11. The minimum atomic E-state index is -0.159. The van der Waals surface area contributed by atoms with Crippen LogP contribution in [-0.2, 0) is 9.59 Å². The van der Waals surface area contributed by atoms with Crippen LogP contribution in [-0.4, -0.2) is 95.5 Å². The molecule has 0 spiro atoms. The number of carbonyl (C=O) groups is 3. The molecule has 2 aliphatic heterocycles. The molecule has 3 heterocycles. The third kappa shape index (κ3) is 3.86. The van der Waals surface area contributed by atoms with E-state index in [9.17, 15) is 14.4 Å². The number of hydrogen-bond acceptors (Lipinski definition) is 6. The number of piperazine rings is 2. The van der Waals surface area contributed by atoms with E-state index in [1.165, 1.54) is 6.92 Å². The first kappa shape index (κ1) is 17.1. The molecule has 0 saturated carbocycles. The normalized spacial score (nSPS) is 18.3. The van der Waals surface area contributed by atoms with Gasteiger partial charge >= 0.3 is 0 Å². The highest BCUT2D eigenvalue weighted by Crippen LogP contribution is 2.13. The zero-order valence-corrected chi connectivity index (χ0v) is 14.3. The van der Waals surface area contributed by atoms with Crippen molar-refractivity contribution in [3.63, 3.8) is 0 Å². The standard InChI is InChI=1S/C16H22N6O3/c1-13(24)20-8-10-22(11-9-20)16(25)14-2-3-15(18-17-14)21-6-4-19(12-23)5-7-21/h2-3,12H,4-11H2,1H3. The highest BCUT2D eigenvalue weighted by atomic mass is 16.2. The minimum Gasteiger partial charge on any atom is -0.352 e. The molecule has 0 N–H and O–H groups in total. The number of hydrogen-bond donors (Lipinski definition) is 0. The lowest BCUT2D eigenvalue weighted by Gasteiger charge is -2.34. The molecular weight excluding hydrogens is 324 g/mol. The second kappa shape index (κ2) is 7.45. The summed E-state index contributed by atoms with van der Waals surface area (Å²) >= 11 is 0. The lowest BCUT2D eigenvalue weighted by atomic mass is 10.2. The number of anilines is 1. The second-order valence-electron chi connectivity index (χ2n) is 6.20. The molecule has 2 fully saturated rings. The molecule has 0 atom stereocenters. The van der Waals surface area contributed by atoms with Gasteiger partial charge in [0, 0.05) is 59.3 Å². The number of carbonyl (C=O) groups excluding carboxylic acids is 3. The van der Waals surface area contributed by atoms with Crippen molar-refractivity contribution in [1.82, 2.24) is 24.9 Å². The molecule has 0 unspecified atom stereocenters. The van der Waals surface area contributed by atoms with Gasteiger partial charge in [0.1, 0.15) is 0 Å². The van der Waals surface area contributed by atoms with Crippen LogP contribution in [0.15, 0.2) is 12.1 Å². The predicted octanol–water partition coefficient (Wildman–Crippen LogP) is -0.941. The number of nitrogens with zero attached hydrogens (tertiary/aromatic N) is 6. The summed E-state index contributed by atoms with van der Waals surface area (Å²) in [4.78, 5) is 41.8. The van der Waals surface area contributed by atoms with Crippen molar-refractivity contribution in [1.29, 1.82) is 0 Å². The van der Waals surface area contributed by atoms with E-state index in [4.69, 9.17) is 0 Å². The lowest BCUT2D eigenvalue weighted by molar-refractivity contribution is -0.130. The van der Waals surface area contributed by atoms with Gasteiger partial charge in [0.25, 0.3) is 5.91 Å². The van der Waals surface area contributed by atoms with Crippen LogP contribution in [0.4, 0.5) is 5.82 Å². The van der Waals surface area contributed by atoms with Gasteiger partial charge in [-0.2, -0.15) is 0 Å². The Labute approximate surface area is 146 Å². The maximum atomic E-state index is 12.5. The van der Waals surface area contributed by atoms with E-state index in [1.807, 2.05) is 4.90 Å². The second-order valence-corrected chi connectivity index (χ2v) is 6.20. The lowest BCUT2D eigenvalue weighted by Crippen LogP contribution is -2.50. The van der Waals surface area contributed by atoms with E-state index >= 15 is 0 Å². The molecule has 134 valence electrons. The molecule has 0 aliphatic carbocycles. The van der Waals surface area contributed by atoms with E-state index in [1.54, 1.807) is 26.8 Å². The van der Waals surface area contributed by atoms with Crippen LogP contribution in [0.3, 0.4) is 0 Å². The van der Waals surface area contributed by atoms with Crippen molar-refractivity contribution in [3.8, 4) is 0 Å². The first-order chi connectivity index (χ1) is 12.1. The number of aromatic nitrogens is 2. The smallest absolute Gasteiger partial charge is 0.274 e. The van der Waals surface area contributed by atoms with E-state index < -0.39 is 0 Å². The molecule has 1 aromatic rings. The molecule has 9 nitrogen and oxygen atoms in total. The molecule has 0 bridgehead atoms. The highest BCUT2D eigenvalue weighted by molar-refractivity contribution is 5.92. The fourth-order valence-electron chi connectivity index (χ4n) is 3.05. The monoisotopic (exact) mass is 346 g/mol. The van der Waals surface area contributed by atoms with Crippen molar-refractivity contribution >= 4 is 24.0 Å². The molecule has 3 rings (SSSR count). The highest BCUT2D eigenvalue weighted by Gasteiger charge is 2.24. The third-order valence-corrected chi connectivity index (χ3v) is 4.67. The summed E-state index contributed by atoms with van der Waals surface area (Å²) in [6.45, 7) is 6.38. The zero-order valence-electron chi connectivity index (χ0n) is 14.3. The first-order valence-electron chi connectivity index (χ1n) is 8.41. The molecular formula is C16H22N6O3. The molecule has 0 aromatic carbocycles. The Morgan fingerprint density at radius 1 is 0.920 bits per heavy atom. The van der Waals surface area contributed by atoms with Gasteiger partial charge in [-0.3, -0.25) is 14.4 Å². The summed E-state index contributed by atoms with van der Waals surface area (Å²) in [6, 6.07) is 3.48. The summed E-state index contributed by atoms with van der Waals surface area (Å²) in [6.07, 6.45) is 0.858. The summed E-state index contributed by atoms with van der Waals surface area (Å²) < 4.78 is 0. The quantitative estimate of drug-likeness (QED) is 0.656. The van der Waals surface area contributed by atoms with Gasteiger partial charge in [-0.15, -0.1) is 10.2 Å². The van der Waals surface area contributed by atoms with Crippen LogP contribution in [0.2, 0.25) is 0 Å². The average Bonchev–Trinajstić information content (AvgIpc) is 2.67. The van der Waals surface area contributed by atoms with Gasteiger partial charge in [0.15, 0.2) is 11.5 Å². The van der Waals surface area contributed by atoms with Crippen molar-refractivity contribution in [2.24, 2.45) is 0 Å². The van der Waals surface area contributed by atoms with Gasteiger partial charge in [-0.05, 0) is 12.1 Å². The van der Waals surface area contributed by atoms with Crippen LogP contribution in [0, 0.1) is 0 Å². The molecule has 3 amide bonds. The molecule has 25 heavy (non-hydrogen) atoms.